The maximum atomic E-state index is 13.0. The van der Waals surface area contributed by atoms with Crippen LogP contribution >= 0.6 is 0 Å². The van der Waals surface area contributed by atoms with E-state index in [1.54, 1.807) is 13.2 Å². The highest BCUT2D eigenvalue weighted by molar-refractivity contribution is 7.85. The number of aliphatic hydroxyl groups excluding tert-OH is 1. The van der Waals surface area contributed by atoms with Gasteiger partial charge in [0.05, 0.1) is 46.4 Å². The molecule has 0 fully saturated rings. The molecule has 0 aliphatic rings. The molecule has 66 heavy (non-hydrogen) atoms. The largest absolute Gasteiger partial charge is 0.744 e. The Kier molecular flexibility index (Phi) is 29.5. The molecule has 0 aliphatic carbocycles. The number of benzene rings is 3. The number of hydrogen-bond donors (Lipinski definition) is 4. The first kappa shape index (κ1) is 58.1. The maximum absolute atomic E-state index is 13.0. The number of likely N-dealkylation sites (N-methyl/N-ethyl adjacent to an activating group) is 1. The van der Waals surface area contributed by atoms with Gasteiger partial charge >= 0.3 is 0 Å². The Balaban J connectivity index is 0.000000558. The Bertz CT molecular complexity index is 1960. The van der Waals surface area contributed by atoms with E-state index in [2.05, 4.69) is 43.9 Å². The molecule has 0 saturated heterocycles. The van der Waals surface area contributed by atoms with Gasteiger partial charge in [-0.25, -0.2) is 8.42 Å². The quantitative estimate of drug-likeness (QED) is 0.0193. The Labute approximate surface area is 397 Å². The zero-order valence-electron chi connectivity index (χ0n) is 41.5. The summed E-state index contributed by atoms with van der Waals surface area (Å²) >= 11 is 0. The van der Waals surface area contributed by atoms with Gasteiger partial charge in [0.2, 0.25) is 17.7 Å². The number of methoxy groups -OCH3 is 2. The summed E-state index contributed by atoms with van der Waals surface area (Å²) < 4.78 is 45.6. The van der Waals surface area contributed by atoms with E-state index in [0.717, 1.165) is 73.3 Å². The van der Waals surface area contributed by atoms with Gasteiger partial charge in [-0.1, -0.05) is 134 Å². The van der Waals surface area contributed by atoms with Crippen LogP contribution in [0.2, 0.25) is 0 Å². The summed E-state index contributed by atoms with van der Waals surface area (Å²) in [5, 5.41) is 20.9. The van der Waals surface area contributed by atoms with Crippen molar-refractivity contribution in [3.05, 3.63) is 42.5 Å². The molecule has 13 nitrogen and oxygen atoms in total. The van der Waals surface area contributed by atoms with Crippen LogP contribution in [0.5, 0.6) is 11.5 Å². The number of unbranched alkanes of at least 4 members (excludes halogenated alkanes) is 17. The number of rotatable bonds is 35. The lowest BCUT2D eigenvalue weighted by atomic mass is 10.0. The molecule has 374 valence electrons. The predicted molar refractivity (Wildman–Crippen MR) is 267 cm³/mol. The highest BCUT2D eigenvalue weighted by Gasteiger charge is 2.22. The fraction of sp³-hybridized carbons (Fsp3) is 0.673. The van der Waals surface area contributed by atoms with Crippen molar-refractivity contribution in [2.75, 3.05) is 61.1 Å². The first-order chi connectivity index (χ1) is 31.7. The number of fused-ring (bicyclic) bond motifs is 2. The average Bonchev–Trinajstić information content (AvgIpc) is 3.29. The van der Waals surface area contributed by atoms with Gasteiger partial charge in [0.15, 0.2) is 0 Å². The topological polar surface area (TPSA) is 183 Å². The molecule has 0 aromatic heterocycles. The van der Waals surface area contributed by atoms with Crippen molar-refractivity contribution in [1.29, 1.82) is 0 Å². The molecule has 1 unspecified atom stereocenters. The van der Waals surface area contributed by atoms with Crippen molar-refractivity contribution in [1.82, 2.24) is 16.0 Å². The molecule has 4 N–H and O–H groups in total. The molecular weight excluding hydrogens is 857 g/mol. The molecule has 0 radical (unpaired) electrons. The molecule has 0 heterocycles. The van der Waals surface area contributed by atoms with Gasteiger partial charge in [0, 0.05) is 47.5 Å². The lowest BCUT2D eigenvalue weighted by Gasteiger charge is -2.28. The maximum Gasteiger partial charge on any atom is 0.242 e. The van der Waals surface area contributed by atoms with Gasteiger partial charge in [-0.3, -0.25) is 14.4 Å². The predicted octanol–water partition coefficient (Wildman–Crippen LogP) is 9.70. The Morgan fingerprint density at radius 3 is 1.64 bits per heavy atom. The number of nitrogens with one attached hydrogen (secondary N) is 3. The number of hydrogen-bond acceptors (Lipinski definition) is 9. The van der Waals surface area contributed by atoms with Gasteiger partial charge in [-0.2, -0.15) is 0 Å². The molecule has 0 bridgehead atoms. The van der Waals surface area contributed by atoms with E-state index in [1.807, 2.05) is 24.3 Å². The van der Waals surface area contributed by atoms with Crippen LogP contribution in [0.3, 0.4) is 0 Å². The Morgan fingerprint density at radius 2 is 1.11 bits per heavy atom. The van der Waals surface area contributed by atoms with E-state index in [1.165, 1.54) is 103 Å². The molecule has 0 spiro atoms. The molecule has 3 amide bonds. The normalized spacial score (nSPS) is 12.1. The van der Waals surface area contributed by atoms with Gasteiger partial charge < -0.3 is 39.6 Å². The number of carbonyl (C=O) groups excluding carboxylic acids is 3. The summed E-state index contributed by atoms with van der Waals surface area (Å²) in [5.41, 5.74) is 0. The number of ether oxygens (including phenoxy) is 2. The standard InChI is InChI=1S/C36H72N4O4.C16H14O5S/c1-5-7-9-11-18-22-28-37-34(42)27-26-33(36(44)38-29-23-19-12-10-8-6-2)39-35(43)25-21-17-15-13-14-16-20-24-30-40(3,4)31-32-41;1-20-15-11-5-3-4-6-12(11)16(21-2)14-9-10(22(17,18)19)7-8-13(14)15/h33,41H,5-32H2,1-4H3,(H2-,37,38,39,42,43,44);3-9H,1-2H3,(H,17,18,19). The van der Waals surface area contributed by atoms with Crippen molar-refractivity contribution >= 4 is 49.4 Å². The second-order valence-electron chi connectivity index (χ2n) is 18.3. The lowest BCUT2D eigenvalue weighted by Crippen LogP contribution is -2.47. The zero-order chi connectivity index (χ0) is 48.6. The zero-order valence-corrected chi connectivity index (χ0v) is 42.3. The van der Waals surface area contributed by atoms with Crippen LogP contribution in [0.4, 0.5) is 0 Å². The van der Waals surface area contributed by atoms with Crippen molar-refractivity contribution in [2.45, 2.75) is 172 Å². The monoisotopic (exact) mass is 943 g/mol. The van der Waals surface area contributed by atoms with Crippen LogP contribution in [0.15, 0.2) is 47.4 Å². The van der Waals surface area contributed by atoms with Crippen LogP contribution < -0.4 is 25.4 Å². The molecule has 0 saturated carbocycles. The number of quaternary nitrogens is 1. The molecule has 3 rings (SSSR count). The summed E-state index contributed by atoms with van der Waals surface area (Å²) in [6, 6.07) is 11.0. The Morgan fingerprint density at radius 1 is 0.621 bits per heavy atom. The molecule has 3 aromatic carbocycles. The second kappa shape index (κ2) is 33.5. The first-order valence-corrected chi connectivity index (χ1v) is 26.4. The van der Waals surface area contributed by atoms with E-state index in [4.69, 9.17) is 14.6 Å². The molecule has 0 aliphatic heterocycles. The van der Waals surface area contributed by atoms with Crippen LogP contribution in [-0.4, -0.2) is 107 Å². The fourth-order valence-electron chi connectivity index (χ4n) is 8.21. The number of amides is 3. The highest BCUT2D eigenvalue weighted by Crippen LogP contribution is 2.43. The van der Waals surface area contributed by atoms with Crippen molar-refractivity contribution in [3.63, 3.8) is 0 Å². The third-order valence-corrected chi connectivity index (χ3v) is 13.0. The number of carbonyl (C=O) groups is 3. The highest BCUT2D eigenvalue weighted by atomic mass is 32.2. The molecule has 14 heteroatoms. The summed E-state index contributed by atoms with van der Waals surface area (Å²) in [4.78, 5) is 37.8. The number of aliphatic hydroxyl groups is 1. The van der Waals surface area contributed by atoms with Crippen molar-refractivity contribution in [3.8, 4) is 11.5 Å². The molecule has 1 atom stereocenters. The minimum Gasteiger partial charge on any atom is -0.744 e. The van der Waals surface area contributed by atoms with Gasteiger partial charge in [0.25, 0.3) is 0 Å². The van der Waals surface area contributed by atoms with Gasteiger partial charge in [-0.05, 0) is 56.7 Å². The minimum atomic E-state index is -4.54. The van der Waals surface area contributed by atoms with Crippen molar-refractivity contribution < 1.29 is 46.4 Å². The van der Waals surface area contributed by atoms with Crippen molar-refractivity contribution in [2.24, 2.45) is 0 Å². The van der Waals surface area contributed by atoms with E-state index in [0.29, 0.717) is 48.2 Å². The van der Waals surface area contributed by atoms with Crippen LogP contribution in [0.25, 0.3) is 21.5 Å². The van der Waals surface area contributed by atoms with E-state index < -0.39 is 16.2 Å². The third-order valence-electron chi connectivity index (χ3n) is 12.2. The SMILES string of the molecule is CCCCCCCCNC(=O)CCC(NC(=O)CCCCCCCCCC[N+](C)(C)CCO)C(=O)NCCCCCCCC.COc1c2ccccc2c(OC)c2cc(S(=O)(=O)[O-])ccc12. The van der Waals surface area contributed by atoms with E-state index in [-0.39, 0.29) is 35.6 Å². The molecular formula is C52H86N4O9S. The summed E-state index contributed by atoms with van der Waals surface area (Å²) in [6.07, 6.45) is 24.0. The summed E-state index contributed by atoms with van der Waals surface area (Å²) in [5.74, 6) is 0.808. The Hall–Kier alpha value is -3.98. The van der Waals surface area contributed by atoms with E-state index >= 15 is 0 Å². The fourth-order valence-corrected chi connectivity index (χ4v) is 8.71. The molecule has 3 aromatic rings. The van der Waals surface area contributed by atoms with Crippen LogP contribution in [-0.2, 0) is 24.5 Å². The number of nitrogens with zero attached hydrogens (tertiary/aromatic N) is 1. The van der Waals surface area contributed by atoms with E-state index in [9.17, 15) is 27.4 Å². The summed E-state index contributed by atoms with van der Waals surface area (Å²) in [6.45, 7) is 7.87. The first-order valence-electron chi connectivity index (χ1n) is 25.0. The van der Waals surface area contributed by atoms with Crippen LogP contribution in [0, 0.1) is 0 Å². The third kappa shape index (κ3) is 23.2. The summed E-state index contributed by atoms with van der Waals surface area (Å²) in [7, 11) is 2.86. The smallest absolute Gasteiger partial charge is 0.242 e. The van der Waals surface area contributed by atoms with Gasteiger partial charge in [-0.15, -0.1) is 0 Å². The van der Waals surface area contributed by atoms with Crippen LogP contribution in [0.1, 0.15) is 162 Å². The second-order valence-corrected chi connectivity index (χ2v) is 19.7. The minimum absolute atomic E-state index is 0.0468. The average molecular weight is 943 g/mol. The van der Waals surface area contributed by atoms with Gasteiger partial charge in [0.1, 0.15) is 34.2 Å². The lowest BCUT2D eigenvalue weighted by molar-refractivity contribution is -0.890.